The molecule has 0 aliphatic heterocycles. The summed E-state index contributed by atoms with van der Waals surface area (Å²) in [5, 5.41) is 23.4. The van der Waals surface area contributed by atoms with E-state index in [1.807, 2.05) is 0 Å². The van der Waals surface area contributed by atoms with Gasteiger partial charge in [0.1, 0.15) is 0 Å². The van der Waals surface area contributed by atoms with Crippen LogP contribution in [0.15, 0.2) is 12.2 Å². The van der Waals surface area contributed by atoms with Crippen LogP contribution in [-0.4, -0.2) is 47.4 Å². The molecule has 87 heavy (non-hydrogen) atoms. The van der Waals surface area contributed by atoms with Gasteiger partial charge in [-0.2, -0.15) is 0 Å². The number of allylic oxidation sites excluding steroid dienone is 2. The highest BCUT2D eigenvalue weighted by atomic mass is 16.5. The van der Waals surface area contributed by atoms with E-state index >= 15 is 0 Å². The zero-order valence-electron chi connectivity index (χ0n) is 59.5. The first kappa shape index (κ1) is 85.6. The van der Waals surface area contributed by atoms with Crippen LogP contribution < -0.4 is 5.32 Å². The number of hydrogen-bond donors (Lipinski definition) is 3. The summed E-state index contributed by atoms with van der Waals surface area (Å²) in [6.45, 7) is 5.02. The number of esters is 1. The molecule has 0 fully saturated rings. The number of ether oxygens (including phenoxy) is 1. The molecule has 0 heterocycles. The molecule has 0 saturated heterocycles. The maximum Gasteiger partial charge on any atom is 0.305 e. The number of hydrogen-bond acceptors (Lipinski definition) is 5. The highest BCUT2D eigenvalue weighted by Crippen LogP contribution is 2.20. The molecule has 0 aliphatic carbocycles. The highest BCUT2D eigenvalue weighted by Gasteiger charge is 2.20. The van der Waals surface area contributed by atoms with E-state index in [2.05, 4.69) is 31.3 Å². The Morgan fingerprint density at radius 1 is 0.310 bits per heavy atom. The molecule has 0 aromatic heterocycles. The van der Waals surface area contributed by atoms with Gasteiger partial charge in [0.2, 0.25) is 5.91 Å². The van der Waals surface area contributed by atoms with Crippen LogP contribution in [0.4, 0.5) is 0 Å². The second-order valence-electron chi connectivity index (χ2n) is 28.1. The van der Waals surface area contributed by atoms with Gasteiger partial charge in [-0.15, -0.1) is 0 Å². The fourth-order valence-corrected chi connectivity index (χ4v) is 13.2. The van der Waals surface area contributed by atoms with Gasteiger partial charge in [-0.1, -0.05) is 418 Å². The quantitative estimate of drug-likeness (QED) is 0.0320. The van der Waals surface area contributed by atoms with Crippen molar-refractivity contribution in [3.05, 3.63) is 12.2 Å². The standard InChI is InChI=1S/C81H159NO5/c1-3-5-7-9-11-13-15-17-19-21-39-42-45-49-53-57-61-65-69-73-79(84)78(77-83)82-80(85)74-70-66-62-58-54-50-46-43-40-37-35-33-31-29-27-25-23-22-24-26-28-30-32-34-36-38-41-44-48-52-56-60-64-68-72-76-87-81(86)75-71-67-63-59-55-51-47-20-18-16-14-12-10-8-6-4-2/h24,26,78-79,83-84H,3-23,25,27-77H2,1-2H3,(H,82,85)/b26-24-. The lowest BCUT2D eigenvalue weighted by Crippen LogP contribution is -2.45. The maximum atomic E-state index is 12.6. The smallest absolute Gasteiger partial charge is 0.305 e. The van der Waals surface area contributed by atoms with Crippen molar-refractivity contribution >= 4 is 11.9 Å². The Balaban J connectivity index is 3.32. The first-order valence-electron chi connectivity index (χ1n) is 40.4. The summed E-state index contributed by atoms with van der Waals surface area (Å²) in [4.78, 5) is 24.7. The van der Waals surface area contributed by atoms with Gasteiger partial charge in [0, 0.05) is 12.8 Å². The summed E-state index contributed by atoms with van der Waals surface area (Å²) in [6.07, 6.45) is 97.4. The molecule has 0 aliphatic rings. The Morgan fingerprint density at radius 2 is 0.540 bits per heavy atom. The summed E-state index contributed by atoms with van der Waals surface area (Å²) in [6, 6.07) is -0.539. The van der Waals surface area contributed by atoms with Gasteiger partial charge in [-0.05, 0) is 51.4 Å². The van der Waals surface area contributed by atoms with Crippen LogP contribution in [0.25, 0.3) is 0 Å². The van der Waals surface area contributed by atoms with Crippen LogP contribution in [0.2, 0.25) is 0 Å². The topological polar surface area (TPSA) is 95.9 Å². The van der Waals surface area contributed by atoms with Crippen LogP contribution in [0.5, 0.6) is 0 Å². The highest BCUT2D eigenvalue weighted by molar-refractivity contribution is 5.76. The fourth-order valence-electron chi connectivity index (χ4n) is 13.2. The van der Waals surface area contributed by atoms with Crippen molar-refractivity contribution in [1.82, 2.24) is 5.32 Å². The second-order valence-corrected chi connectivity index (χ2v) is 28.1. The summed E-state index contributed by atoms with van der Waals surface area (Å²) >= 11 is 0. The van der Waals surface area contributed by atoms with Crippen molar-refractivity contribution in [3.63, 3.8) is 0 Å². The third-order valence-electron chi connectivity index (χ3n) is 19.3. The SMILES string of the molecule is CCCCCCCCCCCCCCCCCCCCCC(O)C(CO)NC(=O)CCCCCCCCCCCCCCCCCCC/C=C\CCCCCCCCCCCCCCCCOC(=O)CCCCCCCCCCCCCCCCCC. The van der Waals surface area contributed by atoms with Gasteiger partial charge < -0.3 is 20.3 Å². The molecule has 2 atom stereocenters. The summed E-state index contributed by atoms with van der Waals surface area (Å²) in [5.74, 6) is -0.00113. The van der Waals surface area contributed by atoms with E-state index < -0.39 is 12.1 Å². The van der Waals surface area contributed by atoms with Crippen molar-refractivity contribution in [2.45, 2.75) is 482 Å². The Labute approximate surface area is 546 Å². The van der Waals surface area contributed by atoms with Crippen molar-refractivity contribution in [2.75, 3.05) is 13.2 Å². The van der Waals surface area contributed by atoms with Crippen LogP contribution in [0.1, 0.15) is 470 Å². The molecule has 6 nitrogen and oxygen atoms in total. The lowest BCUT2D eigenvalue weighted by atomic mass is 10.0. The van der Waals surface area contributed by atoms with E-state index in [-0.39, 0.29) is 18.5 Å². The third-order valence-corrected chi connectivity index (χ3v) is 19.3. The van der Waals surface area contributed by atoms with E-state index in [9.17, 15) is 19.8 Å². The van der Waals surface area contributed by atoms with E-state index in [0.29, 0.717) is 25.9 Å². The first-order valence-corrected chi connectivity index (χ1v) is 40.4. The minimum absolute atomic E-state index is 0.0250. The van der Waals surface area contributed by atoms with E-state index in [4.69, 9.17) is 4.74 Å². The predicted molar refractivity (Wildman–Crippen MR) is 384 cm³/mol. The van der Waals surface area contributed by atoms with Gasteiger partial charge in [0.05, 0.1) is 25.4 Å². The number of carbonyl (C=O) groups is 2. The predicted octanol–water partition coefficient (Wildman–Crippen LogP) is 26.7. The second kappa shape index (κ2) is 77.1. The number of unbranched alkanes of at least 4 members (excludes halogenated alkanes) is 64. The van der Waals surface area contributed by atoms with Crippen molar-refractivity contribution < 1.29 is 24.5 Å². The van der Waals surface area contributed by atoms with Gasteiger partial charge in [0.25, 0.3) is 0 Å². The molecule has 0 radical (unpaired) electrons. The average Bonchev–Trinajstić information content (AvgIpc) is 3.53. The molecule has 1 amide bonds. The van der Waals surface area contributed by atoms with Crippen LogP contribution in [0, 0.1) is 0 Å². The van der Waals surface area contributed by atoms with Crippen LogP contribution in [0.3, 0.4) is 0 Å². The molecular weight excluding hydrogens is 1070 g/mol. The monoisotopic (exact) mass is 1230 g/mol. The van der Waals surface area contributed by atoms with Crippen molar-refractivity contribution in [3.8, 4) is 0 Å². The lowest BCUT2D eigenvalue weighted by Gasteiger charge is -2.22. The molecule has 3 N–H and O–H groups in total. The maximum absolute atomic E-state index is 12.6. The number of carbonyl (C=O) groups excluding carboxylic acids is 2. The number of aliphatic hydroxyl groups is 2. The molecule has 0 rings (SSSR count). The van der Waals surface area contributed by atoms with E-state index in [1.54, 1.807) is 0 Å². The Kier molecular flexibility index (Phi) is 75.8. The fraction of sp³-hybridized carbons (Fsp3) is 0.951. The van der Waals surface area contributed by atoms with Gasteiger partial charge in [0.15, 0.2) is 0 Å². The van der Waals surface area contributed by atoms with E-state index in [1.165, 1.54) is 398 Å². The zero-order chi connectivity index (χ0) is 62.8. The zero-order valence-corrected chi connectivity index (χ0v) is 59.5. The Hall–Kier alpha value is -1.40. The number of aliphatic hydroxyl groups excluding tert-OH is 2. The van der Waals surface area contributed by atoms with Crippen LogP contribution in [-0.2, 0) is 14.3 Å². The van der Waals surface area contributed by atoms with Crippen molar-refractivity contribution in [2.24, 2.45) is 0 Å². The summed E-state index contributed by atoms with van der Waals surface area (Å²) in [7, 11) is 0. The van der Waals surface area contributed by atoms with Gasteiger partial charge in [-0.25, -0.2) is 0 Å². The largest absolute Gasteiger partial charge is 0.466 e. The Bertz CT molecular complexity index is 1320. The molecule has 6 heteroatoms. The van der Waals surface area contributed by atoms with E-state index in [0.717, 1.165) is 38.5 Å². The normalized spacial score (nSPS) is 12.5. The molecule has 2 unspecified atom stereocenters. The summed E-state index contributed by atoms with van der Waals surface area (Å²) in [5.41, 5.74) is 0. The molecular formula is C81H159NO5. The Morgan fingerprint density at radius 3 is 0.816 bits per heavy atom. The summed E-state index contributed by atoms with van der Waals surface area (Å²) < 4.78 is 5.51. The number of amides is 1. The van der Waals surface area contributed by atoms with Gasteiger partial charge in [-0.3, -0.25) is 9.59 Å². The lowest BCUT2D eigenvalue weighted by molar-refractivity contribution is -0.143. The number of rotatable bonds is 77. The third kappa shape index (κ3) is 73.5. The molecule has 0 bridgehead atoms. The first-order chi connectivity index (χ1) is 43.0. The minimum atomic E-state index is -0.662. The van der Waals surface area contributed by atoms with Crippen molar-refractivity contribution in [1.29, 1.82) is 0 Å². The number of nitrogens with one attached hydrogen (secondary N) is 1. The molecule has 0 spiro atoms. The van der Waals surface area contributed by atoms with Crippen LogP contribution >= 0.6 is 0 Å². The average molecular weight is 1230 g/mol. The molecule has 518 valence electrons. The molecule has 0 saturated carbocycles. The molecule has 0 aromatic rings. The minimum Gasteiger partial charge on any atom is -0.466 e. The van der Waals surface area contributed by atoms with Gasteiger partial charge >= 0.3 is 5.97 Å². The molecule has 0 aromatic carbocycles.